The van der Waals surface area contributed by atoms with Crippen LogP contribution in [0, 0.1) is 5.82 Å². The molecule has 0 spiro atoms. The van der Waals surface area contributed by atoms with Crippen molar-refractivity contribution in [3.8, 4) is 5.75 Å². The first kappa shape index (κ1) is 12.9. The van der Waals surface area contributed by atoms with Crippen LogP contribution in [0.3, 0.4) is 0 Å². The molecule has 0 bridgehead atoms. The zero-order chi connectivity index (χ0) is 12.3. The van der Waals surface area contributed by atoms with Crippen LogP contribution >= 0.6 is 38.9 Å². The van der Waals surface area contributed by atoms with Crippen molar-refractivity contribution in [3.63, 3.8) is 0 Å². The van der Waals surface area contributed by atoms with Crippen molar-refractivity contribution in [2.24, 2.45) is 0 Å². The first-order valence-electron chi connectivity index (χ1n) is 4.90. The minimum Gasteiger partial charge on any atom is -0.488 e. The standard InChI is InChI=1S/C12H9BrClFOS/c13-12-2-1-11(17-12)7-16-10-4-8(6-14)3-9(15)5-10/h1-5H,6-7H2. The number of ether oxygens (including phenoxy) is 1. The second kappa shape index (κ2) is 5.85. The van der Waals surface area contributed by atoms with Crippen LogP contribution in [-0.4, -0.2) is 0 Å². The highest BCUT2D eigenvalue weighted by Gasteiger charge is 2.03. The van der Waals surface area contributed by atoms with Crippen LogP contribution < -0.4 is 4.74 Å². The summed E-state index contributed by atoms with van der Waals surface area (Å²) in [4.78, 5) is 1.08. The average molecular weight is 336 g/mol. The second-order valence-corrected chi connectivity index (χ2v) is 6.24. The monoisotopic (exact) mass is 334 g/mol. The van der Waals surface area contributed by atoms with Crippen molar-refractivity contribution in [3.05, 3.63) is 50.4 Å². The summed E-state index contributed by atoms with van der Waals surface area (Å²) in [5, 5.41) is 0. The van der Waals surface area contributed by atoms with E-state index in [1.807, 2.05) is 12.1 Å². The maximum atomic E-state index is 13.2. The molecule has 1 heterocycles. The van der Waals surface area contributed by atoms with Gasteiger partial charge in [0.1, 0.15) is 18.2 Å². The first-order valence-corrected chi connectivity index (χ1v) is 7.04. The number of halogens is 3. The number of alkyl halides is 1. The fourth-order valence-electron chi connectivity index (χ4n) is 1.37. The third kappa shape index (κ3) is 3.69. The Morgan fingerprint density at radius 1 is 1.29 bits per heavy atom. The molecule has 1 aromatic carbocycles. The summed E-state index contributed by atoms with van der Waals surface area (Å²) in [5.41, 5.74) is 0.717. The van der Waals surface area contributed by atoms with E-state index in [-0.39, 0.29) is 11.7 Å². The van der Waals surface area contributed by atoms with Gasteiger partial charge >= 0.3 is 0 Å². The third-order valence-electron chi connectivity index (χ3n) is 2.10. The summed E-state index contributed by atoms with van der Waals surface area (Å²) in [6.45, 7) is 0.432. The molecule has 2 aromatic rings. The Labute approximate surface area is 116 Å². The van der Waals surface area contributed by atoms with E-state index in [9.17, 15) is 4.39 Å². The van der Waals surface area contributed by atoms with Crippen LogP contribution in [0.5, 0.6) is 5.75 Å². The SMILES string of the molecule is Fc1cc(CCl)cc(OCc2ccc(Br)s2)c1. The molecule has 2 rings (SSSR count). The predicted molar refractivity (Wildman–Crippen MR) is 72.3 cm³/mol. The van der Waals surface area contributed by atoms with Crippen LogP contribution in [0.15, 0.2) is 34.1 Å². The molecule has 0 aliphatic carbocycles. The number of benzene rings is 1. The quantitative estimate of drug-likeness (QED) is 0.717. The summed E-state index contributed by atoms with van der Waals surface area (Å²) >= 11 is 10.6. The van der Waals surface area contributed by atoms with Gasteiger partial charge in [-0.25, -0.2) is 4.39 Å². The smallest absolute Gasteiger partial charge is 0.127 e. The van der Waals surface area contributed by atoms with Gasteiger partial charge in [-0.05, 0) is 45.8 Å². The van der Waals surface area contributed by atoms with E-state index in [1.54, 1.807) is 17.4 Å². The van der Waals surface area contributed by atoms with Gasteiger partial charge < -0.3 is 4.74 Å². The lowest BCUT2D eigenvalue weighted by Crippen LogP contribution is -1.94. The highest BCUT2D eigenvalue weighted by Crippen LogP contribution is 2.24. The molecule has 0 saturated carbocycles. The maximum absolute atomic E-state index is 13.2. The molecule has 90 valence electrons. The first-order chi connectivity index (χ1) is 8.17. The van der Waals surface area contributed by atoms with Gasteiger partial charge in [0.2, 0.25) is 0 Å². The van der Waals surface area contributed by atoms with Crippen molar-refractivity contribution in [1.29, 1.82) is 0 Å². The van der Waals surface area contributed by atoms with Crippen LogP contribution in [0.2, 0.25) is 0 Å². The van der Waals surface area contributed by atoms with Crippen LogP contribution in [0.4, 0.5) is 4.39 Å². The van der Waals surface area contributed by atoms with Crippen LogP contribution in [-0.2, 0) is 12.5 Å². The van der Waals surface area contributed by atoms with Crippen molar-refractivity contribution in [1.82, 2.24) is 0 Å². The Hall–Kier alpha value is -0.580. The van der Waals surface area contributed by atoms with Gasteiger partial charge in [0, 0.05) is 16.8 Å². The van der Waals surface area contributed by atoms with Gasteiger partial charge in [0.05, 0.1) is 3.79 Å². The molecule has 0 N–H and O–H groups in total. The molecular formula is C12H9BrClFOS. The molecule has 0 aliphatic rings. The Morgan fingerprint density at radius 3 is 2.76 bits per heavy atom. The maximum Gasteiger partial charge on any atom is 0.127 e. The number of thiophene rings is 1. The van der Waals surface area contributed by atoms with E-state index in [0.29, 0.717) is 17.9 Å². The summed E-state index contributed by atoms with van der Waals surface area (Å²) in [6.07, 6.45) is 0. The van der Waals surface area contributed by atoms with Gasteiger partial charge in [0.25, 0.3) is 0 Å². The highest BCUT2D eigenvalue weighted by molar-refractivity contribution is 9.11. The molecule has 0 atom stereocenters. The van der Waals surface area contributed by atoms with Crippen LogP contribution in [0.25, 0.3) is 0 Å². The Bertz CT molecular complexity index is 515. The summed E-state index contributed by atoms with van der Waals surface area (Å²) in [5.74, 6) is 0.453. The predicted octanol–water partition coefficient (Wildman–Crippen LogP) is 4.97. The number of hydrogen-bond acceptors (Lipinski definition) is 2. The van der Waals surface area contributed by atoms with E-state index in [2.05, 4.69) is 15.9 Å². The van der Waals surface area contributed by atoms with Gasteiger partial charge in [-0.3, -0.25) is 0 Å². The summed E-state index contributed by atoms with van der Waals surface area (Å²) in [7, 11) is 0. The fraction of sp³-hybridized carbons (Fsp3) is 0.167. The highest BCUT2D eigenvalue weighted by atomic mass is 79.9. The van der Waals surface area contributed by atoms with E-state index < -0.39 is 0 Å². The van der Waals surface area contributed by atoms with Crippen molar-refractivity contribution in [2.45, 2.75) is 12.5 Å². The van der Waals surface area contributed by atoms with Crippen molar-refractivity contribution in [2.75, 3.05) is 0 Å². The van der Waals surface area contributed by atoms with E-state index in [4.69, 9.17) is 16.3 Å². The number of hydrogen-bond donors (Lipinski definition) is 0. The lowest BCUT2D eigenvalue weighted by Gasteiger charge is -2.06. The van der Waals surface area contributed by atoms with E-state index in [0.717, 1.165) is 8.66 Å². The Morgan fingerprint density at radius 2 is 2.12 bits per heavy atom. The molecule has 0 aliphatic heterocycles. The zero-order valence-electron chi connectivity index (χ0n) is 8.75. The summed E-state index contributed by atoms with van der Waals surface area (Å²) in [6, 6.07) is 8.44. The lowest BCUT2D eigenvalue weighted by atomic mass is 10.2. The average Bonchev–Trinajstić information content (AvgIpc) is 2.72. The van der Waals surface area contributed by atoms with Gasteiger partial charge in [-0.15, -0.1) is 22.9 Å². The van der Waals surface area contributed by atoms with E-state index >= 15 is 0 Å². The van der Waals surface area contributed by atoms with Gasteiger partial charge in [0.15, 0.2) is 0 Å². The molecule has 17 heavy (non-hydrogen) atoms. The lowest BCUT2D eigenvalue weighted by molar-refractivity contribution is 0.308. The largest absolute Gasteiger partial charge is 0.488 e. The molecular weight excluding hydrogens is 327 g/mol. The van der Waals surface area contributed by atoms with Gasteiger partial charge in [-0.2, -0.15) is 0 Å². The third-order valence-corrected chi connectivity index (χ3v) is 4.00. The normalized spacial score (nSPS) is 10.5. The van der Waals surface area contributed by atoms with Crippen molar-refractivity contribution >= 4 is 38.9 Å². The van der Waals surface area contributed by atoms with Crippen LogP contribution in [0.1, 0.15) is 10.4 Å². The van der Waals surface area contributed by atoms with E-state index in [1.165, 1.54) is 12.1 Å². The molecule has 0 fully saturated rings. The Kier molecular flexibility index (Phi) is 4.42. The molecule has 0 saturated heterocycles. The molecule has 0 amide bonds. The minimum absolute atomic E-state index is 0.276. The molecule has 1 nitrogen and oxygen atoms in total. The molecule has 1 aromatic heterocycles. The summed E-state index contributed by atoms with van der Waals surface area (Å²) < 4.78 is 19.8. The molecule has 0 unspecified atom stereocenters. The fourth-order valence-corrected chi connectivity index (χ4v) is 2.92. The second-order valence-electron chi connectivity index (χ2n) is 3.42. The Balaban J connectivity index is 2.05. The topological polar surface area (TPSA) is 9.23 Å². The molecule has 0 radical (unpaired) electrons. The van der Waals surface area contributed by atoms with Gasteiger partial charge in [-0.1, -0.05) is 0 Å². The zero-order valence-corrected chi connectivity index (χ0v) is 11.9. The minimum atomic E-state index is -0.328. The van der Waals surface area contributed by atoms with Crippen molar-refractivity contribution < 1.29 is 9.13 Å². The molecule has 5 heteroatoms. The number of rotatable bonds is 4.